The van der Waals surface area contributed by atoms with Crippen LogP contribution in [0.4, 0.5) is 0 Å². The average Bonchev–Trinajstić information content (AvgIpc) is 3.15. The van der Waals surface area contributed by atoms with Crippen LogP contribution in [-0.4, -0.2) is 201 Å². The molecule has 0 saturated carbocycles. The van der Waals surface area contributed by atoms with Gasteiger partial charge in [-0.15, -0.1) is 0 Å². The van der Waals surface area contributed by atoms with Gasteiger partial charge in [-0.05, 0) is 19.1 Å². The molecule has 7 N–H and O–H groups in total. The molecular formula is C33H52O19. The topological polar surface area (TPSA) is 252 Å². The van der Waals surface area contributed by atoms with Crippen molar-refractivity contribution in [3.05, 3.63) is 24.3 Å². The van der Waals surface area contributed by atoms with Gasteiger partial charge in [-0.25, -0.2) is 0 Å². The van der Waals surface area contributed by atoms with Crippen molar-refractivity contribution in [1.29, 1.82) is 0 Å². The molecule has 0 spiro atoms. The van der Waals surface area contributed by atoms with E-state index in [1.165, 1.54) is 7.11 Å². The zero-order chi connectivity index (χ0) is 37.2. The fraction of sp³-hybridized carbons (Fsp3) is 0.818. The van der Waals surface area contributed by atoms with E-state index in [-0.39, 0.29) is 52.9 Å². The molecule has 19 heteroatoms. The van der Waals surface area contributed by atoms with Gasteiger partial charge in [0.25, 0.3) is 0 Å². The quantitative estimate of drug-likeness (QED) is 0.144. The summed E-state index contributed by atoms with van der Waals surface area (Å²) in [5, 5.41) is 72.8. The minimum atomic E-state index is -1.80. The molecule has 4 aliphatic rings. The van der Waals surface area contributed by atoms with E-state index in [4.69, 9.17) is 56.8 Å². The van der Waals surface area contributed by atoms with Crippen molar-refractivity contribution < 1.29 is 92.6 Å². The second-order valence-electron chi connectivity index (χ2n) is 12.6. The van der Waals surface area contributed by atoms with Gasteiger partial charge in [0.05, 0.1) is 59.0 Å². The van der Waals surface area contributed by atoms with E-state index in [9.17, 15) is 35.7 Å². The summed E-state index contributed by atoms with van der Waals surface area (Å²) in [5.74, 6) is 1.16. The van der Waals surface area contributed by atoms with E-state index in [2.05, 4.69) is 0 Å². The predicted molar refractivity (Wildman–Crippen MR) is 171 cm³/mol. The van der Waals surface area contributed by atoms with Crippen LogP contribution in [0, 0.1) is 0 Å². The van der Waals surface area contributed by atoms with E-state index in [0.29, 0.717) is 11.5 Å². The fourth-order valence-electron chi connectivity index (χ4n) is 6.34. The van der Waals surface area contributed by atoms with Crippen LogP contribution in [0.5, 0.6) is 11.5 Å². The maximum absolute atomic E-state index is 11.2. The number of benzene rings is 1. The highest BCUT2D eigenvalue weighted by molar-refractivity contribution is 5.39. The molecule has 5 rings (SSSR count). The molecule has 4 aliphatic heterocycles. The van der Waals surface area contributed by atoms with Crippen molar-refractivity contribution in [2.45, 2.75) is 99.0 Å². The number of methoxy groups -OCH3 is 1. The highest BCUT2D eigenvalue weighted by Gasteiger charge is 2.54. The second-order valence-corrected chi connectivity index (χ2v) is 12.6. The van der Waals surface area contributed by atoms with Gasteiger partial charge < -0.3 is 92.6 Å². The number of fused-ring (bicyclic) bond motifs is 2. The van der Waals surface area contributed by atoms with E-state index in [1.807, 2.05) is 12.1 Å². The monoisotopic (exact) mass is 752 g/mol. The highest BCUT2D eigenvalue weighted by Crippen LogP contribution is 2.34. The molecule has 52 heavy (non-hydrogen) atoms. The molecule has 3 fully saturated rings. The van der Waals surface area contributed by atoms with Gasteiger partial charge in [-0.3, -0.25) is 0 Å². The number of rotatable bonds is 7. The molecule has 4 heterocycles. The zero-order valence-corrected chi connectivity index (χ0v) is 29.1. The number of para-hydroxylation sites is 2. The fourth-order valence-corrected chi connectivity index (χ4v) is 6.34. The first-order valence-electron chi connectivity index (χ1n) is 17.3. The van der Waals surface area contributed by atoms with Crippen LogP contribution in [-0.2, 0) is 47.4 Å². The normalized spacial score (nSPS) is 41.7. The molecular weight excluding hydrogens is 700 g/mol. The Morgan fingerprint density at radius 2 is 1.10 bits per heavy atom. The third-order valence-electron chi connectivity index (χ3n) is 9.11. The summed E-state index contributed by atoms with van der Waals surface area (Å²) < 4.78 is 70.4. The number of hydrogen-bond donors (Lipinski definition) is 7. The van der Waals surface area contributed by atoms with Gasteiger partial charge in [0.2, 0.25) is 0 Å². The van der Waals surface area contributed by atoms with Crippen LogP contribution >= 0.6 is 0 Å². The summed E-state index contributed by atoms with van der Waals surface area (Å²) in [5.41, 5.74) is 0. The van der Waals surface area contributed by atoms with Gasteiger partial charge >= 0.3 is 0 Å². The van der Waals surface area contributed by atoms with Crippen molar-refractivity contribution in [3.8, 4) is 11.5 Å². The van der Waals surface area contributed by atoms with Gasteiger partial charge in [0.15, 0.2) is 30.4 Å². The Kier molecular flexibility index (Phi) is 16.0. The van der Waals surface area contributed by atoms with Crippen LogP contribution in [0.2, 0.25) is 0 Å². The van der Waals surface area contributed by atoms with Crippen LogP contribution < -0.4 is 9.47 Å². The minimum Gasteiger partial charge on any atom is -0.487 e. The molecule has 1 aromatic carbocycles. The molecule has 298 valence electrons. The Morgan fingerprint density at radius 3 is 1.67 bits per heavy atom. The molecule has 0 bridgehead atoms. The van der Waals surface area contributed by atoms with Gasteiger partial charge in [0.1, 0.15) is 80.4 Å². The Labute approximate surface area is 300 Å². The summed E-state index contributed by atoms with van der Waals surface area (Å²) in [6.45, 7) is 1.81. The van der Waals surface area contributed by atoms with Crippen molar-refractivity contribution in [1.82, 2.24) is 0 Å². The number of hydrogen-bond acceptors (Lipinski definition) is 19. The maximum atomic E-state index is 11.2. The summed E-state index contributed by atoms with van der Waals surface area (Å²) in [6, 6.07) is 7.28. The summed E-state index contributed by atoms with van der Waals surface area (Å²) in [4.78, 5) is 0. The molecule has 0 aromatic heterocycles. The Bertz CT molecular complexity index is 1180. The van der Waals surface area contributed by atoms with Crippen molar-refractivity contribution in [2.24, 2.45) is 0 Å². The van der Waals surface area contributed by atoms with Gasteiger partial charge in [-0.1, -0.05) is 12.1 Å². The smallest absolute Gasteiger partial charge is 0.187 e. The maximum Gasteiger partial charge on any atom is 0.187 e. The molecule has 3 saturated heterocycles. The predicted octanol–water partition coefficient (Wildman–Crippen LogP) is -3.34. The first-order chi connectivity index (χ1) is 25.2. The number of aliphatic hydroxyl groups excluding tert-OH is 7. The largest absolute Gasteiger partial charge is 0.487 e. The number of ether oxygens (including phenoxy) is 12. The molecule has 19 nitrogen and oxygen atoms in total. The summed E-state index contributed by atoms with van der Waals surface area (Å²) >= 11 is 0. The van der Waals surface area contributed by atoms with Crippen LogP contribution in [0.1, 0.15) is 6.92 Å². The van der Waals surface area contributed by atoms with Crippen LogP contribution in [0.15, 0.2) is 24.3 Å². The zero-order valence-electron chi connectivity index (χ0n) is 29.1. The van der Waals surface area contributed by atoms with Crippen LogP contribution in [0.25, 0.3) is 0 Å². The summed E-state index contributed by atoms with van der Waals surface area (Å²) in [6.07, 6.45) is -20.6. The lowest BCUT2D eigenvalue weighted by Gasteiger charge is -2.49. The van der Waals surface area contributed by atoms with Gasteiger partial charge in [-0.2, -0.15) is 0 Å². The Hall–Kier alpha value is -1.86. The average molecular weight is 753 g/mol. The van der Waals surface area contributed by atoms with Crippen LogP contribution in [0.3, 0.4) is 0 Å². The van der Waals surface area contributed by atoms with Crippen molar-refractivity contribution in [2.75, 3.05) is 73.2 Å². The lowest BCUT2D eigenvalue weighted by molar-refractivity contribution is -0.380. The first kappa shape index (κ1) is 41.3. The third-order valence-corrected chi connectivity index (χ3v) is 9.11. The minimum absolute atomic E-state index is 0.0781. The SMILES string of the molecule is COC1OC(C)C(OC2OC(CO)C(OC3OC(CO)C(O)C(O)C3O)C(O)C2O)C2OCCOCCOc3ccccc3OCCOCCOC12. The molecule has 15 atom stereocenters. The molecule has 0 amide bonds. The Morgan fingerprint density at radius 1 is 0.577 bits per heavy atom. The molecule has 1 aromatic rings. The second kappa shape index (κ2) is 20.2. The lowest BCUT2D eigenvalue weighted by Crippen LogP contribution is -2.66. The van der Waals surface area contributed by atoms with E-state index in [0.717, 1.165) is 0 Å². The van der Waals surface area contributed by atoms with Crippen molar-refractivity contribution >= 4 is 0 Å². The van der Waals surface area contributed by atoms with E-state index < -0.39 is 105 Å². The molecule has 0 aliphatic carbocycles. The van der Waals surface area contributed by atoms with Crippen molar-refractivity contribution in [3.63, 3.8) is 0 Å². The third kappa shape index (κ3) is 10.1. The van der Waals surface area contributed by atoms with E-state index >= 15 is 0 Å². The highest BCUT2D eigenvalue weighted by atomic mass is 16.8. The van der Waals surface area contributed by atoms with Gasteiger partial charge in [0, 0.05) is 7.11 Å². The standard InChI is InChI=1S/C33H52O19/c1-17-27(51-32-26(40)24(38)28(21(16-35)50-32)52-31-25(39)23(37)22(36)20(15-34)49-31)29-30(33(41-2)48-17)47-14-10-43-8-12-45-19-6-4-3-5-18(19)44-11-7-42-9-13-46-29/h3-6,17,20-40H,7-16H2,1-2H3. The Balaban J connectivity index is 1.26. The number of aliphatic hydroxyl groups is 7. The summed E-state index contributed by atoms with van der Waals surface area (Å²) in [7, 11) is 1.45. The lowest BCUT2D eigenvalue weighted by atomic mass is 9.96. The van der Waals surface area contributed by atoms with E-state index in [1.54, 1.807) is 19.1 Å². The molecule has 0 radical (unpaired) electrons. The first-order valence-corrected chi connectivity index (χ1v) is 17.3. The molecule has 15 unspecified atom stereocenters.